The van der Waals surface area contributed by atoms with E-state index >= 15 is 0 Å². The Morgan fingerprint density at radius 1 is 1.33 bits per heavy atom. The number of likely N-dealkylation sites (tertiary alicyclic amines) is 1. The summed E-state index contributed by atoms with van der Waals surface area (Å²) < 4.78 is 0. The third-order valence-electron chi connectivity index (χ3n) is 4.53. The number of carbonyl (C=O) groups excluding carboxylic acids is 2. The Bertz CT molecular complexity index is 625. The first-order chi connectivity index (χ1) is 11.5. The second kappa shape index (κ2) is 7.57. The van der Waals surface area contributed by atoms with Crippen molar-refractivity contribution < 1.29 is 9.59 Å². The summed E-state index contributed by atoms with van der Waals surface area (Å²) in [6.07, 6.45) is 1.29. The van der Waals surface area contributed by atoms with Gasteiger partial charge in [-0.05, 0) is 36.5 Å². The summed E-state index contributed by atoms with van der Waals surface area (Å²) in [4.78, 5) is 27.3. The normalized spacial score (nSPS) is 24.2. The van der Waals surface area contributed by atoms with Gasteiger partial charge < -0.3 is 15.5 Å². The van der Waals surface area contributed by atoms with E-state index in [1.807, 2.05) is 12.1 Å². The predicted octanol–water partition coefficient (Wildman–Crippen LogP) is 2.44. The van der Waals surface area contributed by atoms with Crippen LogP contribution < -0.4 is 10.6 Å². The average molecular weight is 347 g/mol. The molecule has 1 aromatic carbocycles. The molecule has 0 unspecified atom stereocenters. The summed E-state index contributed by atoms with van der Waals surface area (Å²) in [5.41, 5.74) is 1.33. The molecule has 130 valence electrons. The summed E-state index contributed by atoms with van der Waals surface area (Å²) in [5.74, 6) is 1.79. The predicted molar refractivity (Wildman–Crippen MR) is 97.5 cm³/mol. The van der Waals surface area contributed by atoms with Crippen LogP contribution in [0.3, 0.4) is 0 Å². The number of amides is 2. The molecule has 0 saturated carbocycles. The number of piperidine rings is 1. The van der Waals surface area contributed by atoms with E-state index in [2.05, 4.69) is 29.4 Å². The Morgan fingerprint density at radius 2 is 2.08 bits per heavy atom. The first-order valence-corrected chi connectivity index (χ1v) is 9.57. The van der Waals surface area contributed by atoms with Crippen LogP contribution in [0, 0.1) is 11.8 Å². The third-order valence-corrected chi connectivity index (χ3v) is 5.61. The molecule has 2 atom stereocenters. The molecule has 0 radical (unpaired) electrons. The van der Waals surface area contributed by atoms with Crippen molar-refractivity contribution in [1.29, 1.82) is 0 Å². The van der Waals surface area contributed by atoms with Gasteiger partial charge in [0.05, 0.1) is 11.4 Å². The monoisotopic (exact) mass is 347 g/mol. The lowest BCUT2D eigenvalue weighted by Crippen LogP contribution is -2.42. The number of fused-ring (bicyclic) bond motifs is 1. The molecule has 1 saturated heterocycles. The Balaban J connectivity index is 1.52. The first kappa shape index (κ1) is 17.3. The Morgan fingerprint density at radius 3 is 2.83 bits per heavy atom. The van der Waals surface area contributed by atoms with Crippen molar-refractivity contribution in [3.05, 3.63) is 23.8 Å². The number of rotatable bonds is 4. The molecule has 3 rings (SSSR count). The van der Waals surface area contributed by atoms with Gasteiger partial charge in [-0.25, -0.2) is 0 Å². The lowest BCUT2D eigenvalue weighted by molar-refractivity contribution is -0.113. The van der Waals surface area contributed by atoms with Gasteiger partial charge in [-0.2, -0.15) is 0 Å². The fourth-order valence-electron chi connectivity index (χ4n) is 3.63. The van der Waals surface area contributed by atoms with Crippen molar-refractivity contribution >= 4 is 29.3 Å². The minimum atomic E-state index is -0.0827. The molecular weight excluding hydrogens is 322 g/mol. The molecule has 1 fully saturated rings. The standard InChI is InChI=1S/C18H25N3O2S/c1-12-7-13(2)10-21(9-12)6-5-19-18(23)14-3-4-16-15(8-14)20-17(22)11-24-16/h3-4,8,12-13H,5-7,9-11H2,1-2H3,(H,19,23)(H,20,22)/t12-,13+. The van der Waals surface area contributed by atoms with Gasteiger partial charge in [0, 0.05) is 36.6 Å². The Hall–Kier alpha value is -1.53. The molecule has 0 aromatic heterocycles. The van der Waals surface area contributed by atoms with Crippen molar-refractivity contribution in [2.24, 2.45) is 11.8 Å². The van der Waals surface area contributed by atoms with Gasteiger partial charge in [0.1, 0.15) is 0 Å². The zero-order valence-electron chi connectivity index (χ0n) is 14.3. The number of nitrogens with one attached hydrogen (secondary N) is 2. The van der Waals surface area contributed by atoms with Gasteiger partial charge in [0.15, 0.2) is 0 Å². The number of hydrogen-bond acceptors (Lipinski definition) is 4. The molecule has 0 bridgehead atoms. The SMILES string of the molecule is C[C@@H]1C[C@H](C)CN(CCNC(=O)c2ccc3c(c2)NC(=O)CS3)C1. The van der Waals surface area contributed by atoms with E-state index in [4.69, 9.17) is 0 Å². The molecule has 0 spiro atoms. The molecule has 5 nitrogen and oxygen atoms in total. The van der Waals surface area contributed by atoms with E-state index < -0.39 is 0 Å². The molecule has 2 N–H and O–H groups in total. The highest BCUT2D eigenvalue weighted by molar-refractivity contribution is 8.00. The molecule has 2 heterocycles. The van der Waals surface area contributed by atoms with Crippen LogP contribution in [0.5, 0.6) is 0 Å². The minimum Gasteiger partial charge on any atom is -0.351 e. The zero-order valence-corrected chi connectivity index (χ0v) is 15.1. The Kier molecular flexibility index (Phi) is 5.46. The minimum absolute atomic E-state index is 0.0154. The van der Waals surface area contributed by atoms with Crippen molar-refractivity contribution in [3.8, 4) is 0 Å². The van der Waals surface area contributed by atoms with Gasteiger partial charge in [0.25, 0.3) is 5.91 Å². The van der Waals surface area contributed by atoms with Gasteiger partial charge in [0.2, 0.25) is 5.91 Å². The lowest BCUT2D eigenvalue weighted by atomic mass is 9.92. The summed E-state index contributed by atoms with van der Waals surface area (Å²) in [6, 6.07) is 5.49. The summed E-state index contributed by atoms with van der Waals surface area (Å²) in [6.45, 7) is 8.35. The first-order valence-electron chi connectivity index (χ1n) is 8.58. The maximum Gasteiger partial charge on any atom is 0.251 e. The molecule has 6 heteroatoms. The smallest absolute Gasteiger partial charge is 0.251 e. The number of anilines is 1. The molecule has 1 aromatic rings. The van der Waals surface area contributed by atoms with Crippen LogP contribution >= 0.6 is 11.8 Å². The highest BCUT2D eigenvalue weighted by Gasteiger charge is 2.21. The number of hydrogen-bond donors (Lipinski definition) is 2. The highest BCUT2D eigenvalue weighted by atomic mass is 32.2. The van der Waals surface area contributed by atoms with E-state index in [9.17, 15) is 9.59 Å². The fourth-order valence-corrected chi connectivity index (χ4v) is 4.42. The van der Waals surface area contributed by atoms with Crippen molar-refractivity contribution in [2.45, 2.75) is 25.2 Å². The van der Waals surface area contributed by atoms with Crippen LogP contribution in [0.25, 0.3) is 0 Å². The van der Waals surface area contributed by atoms with E-state index in [0.717, 1.165) is 42.1 Å². The number of thioether (sulfide) groups is 1. The summed E-state index contributed by atoms with van der Waals surface area (Å²) in [7, 11) is 0. The van der Waals surface area contributed by atoms with Crippen molar-refractivity contribution in [1.82, 2.24) is 10.2 Å². The van der Waals surface area contributed by atoms with E-state index in [1.54, 1.807) is 6.07 Å². The topological polar surface area (TPSA) is 61.4 Å². The second-order valence-corrected chi connectivity index (χ2v) is 8.03. The van der Waals surface area contributed by atoms with Gasteiger partial charge >= 0.3 is 0 Å². The lowest BCUT2D eigenvalue weighted by Gasteiger charge is -2.34. The third kappa shape index (κ3) is 4.30. The molecule has 24 heavy (non-hydrogen) atoms. The van der Waals surface area contributed by atoms with Crippen molar-refractivity contribution in [2.75, 3.05) is 37.2 Å². The zero-order chi connectivity index (χ0) is 17.1. The highest BCUT2D eigenvalue weighted by Crippen LogP contribution is 2.31. The van der Waals surface area contributed by atoms with Crippen LogP contribution in [-0.2, 0) is 4.79 Å². The molecular formula is C18H25N3O2S. The number of nitrogens with zero attached hydrogens (tertiary/aromatic N) is 1. The fraction of sp³-hybridized carbons (Fsp3) is 0.556. The second-order valence-electron chi connectivity index (χ2n) is 7.01. The van der Waals surface area contributed by atoms with Gasteiger partial charge in [-0.15, -0.1) is 11.8 Å². The average Bonchev–Trinajstić information content (AvgIpc) is 2.53. The van der Waals surface area contributed by atoms with Crippen LogP contribution in [0.15, 0.2) is 23.1 Å². The number of benzene rings is 1. The van der Waals surface area contributed by atoms with Gasteiger partial charge in [-0.1, -0.05) is 13.8 Å². The maximum absolute atomic E-state index is 12.3. The molecule has 2 amide bonds. The van der Waals surface area contributed by atoms with E-state index in [-0.39, 0.29) is 11.8 Å². The summed E-state index contributed by atoms with van der Waals surface area (Å²) >= 11 is 1.50. The quantitative estimate of drug-likeness (QED) is 0.878. The van der Waals surface area contributed by atoms with E-state index in [1.165, 1.54) is 18.2 Å². The van der Waals surface area contributed by atoms with Crippen LogP contribution in [0.2, 0.25) is 0 Å². The van der Waals surface area contributed by atoms with Crippen LogP contribution in [0.1, 0.15) is 30.6 Å². The molecule has 0 aliphatic carbocycles. The van der Waals surface area contributed by atoms with Crippen LogP contribution in [-0.4, -0.2) is 48.6 Å². The van der Waals surface area contributed by atoms with Crippen LogP contribution in [0.4, 0.5) is 5.69 Å². The largest absolute Gasteiger partial charge is 0.351 e. The molecule has 2 aliphatic heterocycles. The number of carbonyl (C=O) groups is 2. The maximum atomic E-state index is 12.3. The van der Waals surface area contributed by atoms with E-state index in [0.29, 0.717) is 17.9 Å². The summed E-state index contributed by atoms with van der Waals surface area (Å²) in [5, 5.41) is 5.82. The van der Waals surface area contributed by atoms with Gasteiger partial charge in [-0.3, -0.25) is 9.59 Å². The molecule has 2 aliphatic rings. The Labute approximate surface area is 147 Å². The van der Waals surface area contributed by atoms with Crippen molar-refractivity contribution in [3.63, 3.8) is 0 Å².